The van der Waals surface area contributed by atoms with Gasteiger partial charge in [0.25, 0.3) is 0 Å². The maximum Gasteiger partial charge on any atom is 0.0537 e. The van der Waals surface area contributed by atoms with Gasteiger partial charge in [-0.1, -0.05) is 152 Å². The molecule has 5 aromatic carbocycles. The first kappa shape index (κ1) is 29.5. The lowest BCUT2D eigenvalue weighted by Gasteiger charge is -2.38. The van der Waals surface area contributed by atoms with E-state index in [-0.39, 0.29) is 0 Å². The Morgan fingerprint density at radius 3 is 2.16 bits per heavy atom. The number of hydrogen-bond donors (Lipinski definition) is 0. The first-order valence-corrected chi connectivity index (χ1v) is 17.7. The van der Waals surface area contributed by atoms with E-state index in [1.807, 2.05) is 0 Å². The van der Waals surface area contributed by atoms with Crippen molar-refractivity contribution in [3.63, 3.8) is 0 Å². The molecule has 0 radical (unpaired) electrons. The van der Waals surface area contributed by atoms with Crippen molar-refractivity contribution < 1.29 is 0 Å². The third kappa shape index (κ3) is 5.66. The van der Waals surface area contributed by atoms with Gasteiger partial charge in [0.05, 0.1) is 5.69 Å². The first-order valence-electron chi connectivity index (χ1n) is 17.7. The predicted molar refractivity (Wildman–Crippen MR) is 207 cm³/mol. The van der Waals surface area contributed by atoms with E-state index in [0.717, 1.165) is 25.7 Å². The molecule has 0 fully saturated rings. The van der Waals surface area contributed by atoms with E-state index in [0.29, 0.717) is 11.8 Å². The number of anilines is 1. The zero-order valence-electron chi connectivity index (χ0n) is 27.7. The van der Waals surface area contributed by atoms with Crippen LogP contribution < -0.4 is 4.90 Å². The molecule has 0 spiro atoms. The summed E-state index contributed by atoms with van der Waals surface area (Å²) in [4.78, 5) is 2.56. The molecule has 0 amide bonds. The van der Waals surface area contributed by atoms with E-state index in [1.54, 1.807) is 0 Å². The van der Waals surface area contributed by atoms with Gasteiger partial charge < -0.3 is 4.90 Å². The van der Waals surface area contributed by atoms with E-state index in [2.05, 4.69) is 181 Å². The van der Waals surface area contributed by atoms with Gasteiger partial charge in [0.2, 0.25) is 0 Å². The second-order valence-corrected chi connectivity index (χ2v) is 13.5. The van der Waals surface area contributed by atoms with Gasteiger partial charge in [0.15, 0.2) is 0 Å². The Kier molecular flexibility index (Phi) is 7.67. The zero-order valence-corrected chi connectivity index (χ0v) is 27.7. The van der Waals surface area contributed by atoms with Crippen LogP contribution in [0, 0.1) is 5.92 Å². The van der Waals surface area contributed by atoms with Crippen molar-refractivity contribution in [2.75, 3.05) is 4.90 Å². The fourth-order valence-corrected chi connectivity index (χ4v) is 8.05. The molecule has 0 heterocycles. The largest absolute Gasteiger partial charge is 0.314 e. The summed E-state index contributed by atoms with van der Waals surface area (Å²) in [5, 5.41) is 2.60. The highest BCUT2D eigenvalue weighted by atomic mass is 15.2. The molecule has 0 aromatic heterocycles. The van der Waals surface area contributed by atoms with E-state index >= 15 is 0 Å². The average Bonchev–Trinajstić information content (AvgIpc) is 3.19. The van der Waals surface area contributed by atoms with Crippen molar-refractivity contribution in [1.29, 1.82) is 0 Å². The van der Waals surface area contributed by atoms with Crippen molar-refractivity contribution in [2.45, 2.75) is 31.6 Å². The van der Waals surface area contributed by atoms with Crippen LogP contribution in [0.25, 0.3) is 33.0 Å². The van der Waals surface area contributed by atoms with Gasteiger partial charge in [0.1, 0.15) is 0 Å². The number of nitrogens with zero attached hydrogens (tertiary/aromatic N) is 1. The highest BCUT2D eigenvalue weighted by Crippen LogP contribution is 2.46. The molecule has 5 aromatic rings. The van der Waals surface area contributed by atoms with Gasteiger partial charge in [-0.15, -0.1) is 0 Å². The van der Waals surface area contributed by atoms with Crippen LogP contribution in [0.1, 0.15) is 37.2 Å². The Morgan fingerprint density at radius 1 is 0.571 bits per heavy atom. The van der Waals surface area contributed by atoms with Gasteiger partial charge >= 0.3 is 0 Å². The summed E-state index contributed by atoms with van der Waals surface area (Å²) in [7, 11) is 0. The molecule has 0 N–H and O–H groups in total. The Morgan fingerprint density at radius 2 is 1.35 bits per heavy atom. The number of allylic oxidation sites excluding steroid dienone is 13. The minimum Gasteiger partial charge on any atom is -0.314 e. The lowest BCUT2D eigenvalue weighted by atomic mass is 9.74. The lowest BCUT2D eigenvalue weighted by molar-refractivity contribution is 0.682. The van der Waals surface area contributed by atoms with E-state index in [4.69, 9.17) is 0 Å². The average molecular weight is 630 g/mol. The van der Waals surface area contributed by atoms with Crippen LogP contribution >= 0.6 is 0 Å². The predicted octanol–water partition coefficient (Wildman–Crippen LogP) is 12.7. The Balaban J connectivity index is 1.15. The van der Waals surface area contributed by atoms with E-state index in [9.17, 15) is 0 Å². The summed E-state index contributed by atoms with van der Waals surface area (Å²) in [6.07, 6.45) is 25.8. The maximum atomic E-state index is 2.56. The van der Waals surface area contributed by atoms with Crippen LogP contribution in [0.2, 0.25) is 0 Å². The molecule has 49 heavy (non-hydrogen) atoms. The standard InChI is InChI=1S/C48H39N/c1-3-11-34(12-4-1)42-26-30-48(47(32-42)37-14-5-2-6-15-37)49(44-29-25-39-21-20-38-16-9-10-18-45(38)46(39)33-44)43-27-23-36(24-28-43)41-22-19-35-13-7-8-17-40(35)31-41/h1-8,11-23,25-32,36,46H,9-10,24,33H2. The Labute approximate surface area is 289 Å². The minimum absolute atomic E-state index is 0.347. The summed E-state index contributed by atoms with van der Waals surface area (Å²) in [6, 6.07) is 44.3. The quantitative estimate of drug-likeness (QED) is 0.181. The number of benzene rings is 5. The molecule has 0 aliphatic heterocycles. The molecule has 4 aliphatic carbocycles. The van der Waals surface area contributed by atoms with Crippen LogP contribution in [-0.2, 0) is 0 Å². The molecular formula is C48H39N. The number of fused-ring (bicyclic) bond motifs is 4. The SMILES string of the molecule is C1=CC2=CC=C(N(C3=CCC(c4ccc5ccccc5c4)C=C3)c3ccc(-c4ccccc4)cc3-c3ccccc3)CC2C2=CCCC=C12. The highest BCUT2D eigenvalue weighted by molar-refractivity contribution is 5.87. The molecule has 2 atom stereocenters. The molecular weight excluding hydrogens is 591 g/mol. The second kappa shape index (κ2) is 12.7. The van der Waals surface area contributed by atoms with Gasteiger partial charge in [-0.25, -0.2) is 0 Å². The van der Waals surface area contributed by atoms with Crippen molar-refractivity contribution in [3.8, 4) is 22.3 Å². The molecule has 4 aliphatic rings. The van der Waals surface area contributed by atoms with Crippen LogP contribution in [-0.4, -0.2) is 0 Å². The molecule has 0 saturated heterocycles. The maximum absolute atomic E-state index is 2.56. The topological polar surface area (TPSA) is 3.24 Å². The van der Waals surface area contributed by atoms with Crippen LogP contribution in [0.3, 0.4) is 0 Å². The third-order valence-electron chi connectivity index (χ3n) is 10.6. The third-order valence-corrected chi connectivity index (χ3v) is 10.6. The first-order chi connectivity index (χ1) is 24.3. The molecule has 9 rings (SSSR count). The normalized spacial score (nSPS) is 19.6. The van der Waals surface area contributed by atoms with Crippen LogP contribution in [0.5, 0.6) is 0 Å². The summed E-state index contributed by atoms with van der Waals surface area (Å²) in [6.45, 7) is 0. The monoisotopic (exact) mass is 629 g/mol. The molecule has 2 unspecified atom stereocenters. The smallest absolute Gasteiger partial charge is 0.0537 e. The molecule has 236 valence electrons. The van der Waals surface area contributed by atoms with Crippen molar-refractivity contribution in [1.82, 2.24) is 0 Å². The number of rotatable bonds is 6. The van der Waals surface area contributed by atoms with Crippen molar-refractivity contribution >= 4 is 16.5 Å². The van der Waals surface area contributed by atoms with Crippen LogP contribution in [0.4, 0.5) is 5.69 Å². The van der Waals surface area contributed by atoms with Crippen LogP contribution in [0.15, 0.2) is 204 Å². The van der Waals surface area contributed by atoms with Gasteiger partial charge in [-0.05, 0) is 99.7 Å². The van der Waals surface area contributed by atoms with Crippen molar-refractivity contribution in [2.24, 2.45) is 5.92 Å². The Bertz CT molecular complexity index is 2270. The van der Waals surface area contributed by atoms with E-state index < -0.39 is 0 Å². The Hall–Kier alpha value is -5.66. The van der Waals surface area contributed by atoms with E-state index in [1.165, 1.54) is 72.4 Å². The second-order valence-electron chi connectivity index (χ2n) is 13.5. The summed E-state index contributed by atoms with van der Waals surface area (Å²) in [5.41, 5.74) is 14.4. The summed E-state index contributed by atoms with van der Waals surface area (Å²) in [5.74, 6) is 0.723. The fraction of sp³-hybridized carbons (Fsp3) is 0.125. The molecule has 0 bridgehead atoms. The fourth-order valence-electron chi connectivity index (χ4n) is 8.05. The molecule has 1 nitrogen and oxygen atoms in total. The summed E-state index contributed by atoms with van der Waals surface area (Å²) >= 11 is 0. The number of hydrogen-bond acceptors (Lipinski definition) is 1. The minimum atomic E-state index is 0.347. The zero-order chi connectivity index (χ0) is 32.6. The lowest BCUT2D eigenvalue weighted by Crippen LogP contribution is -2.28. The van der Waals surface area contributed by atoms with Gasteiger partial charge in [-0.2, -0.15) is 0 Å². The van der Waals surface area contributed by atoms with Gasteiger partial charge in [0, 0.05) is 28.8 Å². The molecule has 0 saturated carbocycles. The van der Waals surface area contributed by atoms with Crippen molar-refractivity contribution in [3.05, 3.63) is 210 Å². The van der Waals surface area contributed by atoms with Gasteiger partial charge in [-0.3, -0.25) is 0 Å². The molecule has 1 heteroatoms. The summed E-state index contributed by atoms with van der Waals surface area (Å²) < 4.78 is 0. The highest BCUT2D eigenvalue weighted by Gasteiger charge is 2.31.